The van der Waals surface area contributed by atoms with E-state index in [9.17, 15) is 14.0 Å². The first-order chi connectivity index (χ1) is 8.72. The largest absolute Gasteiger partial charge is 0.493 e. The van der Waals surface area contributed by atoms with Gasteiger partial charge in [-0.3, -0.25) is 4.79 Å². The van der Waals surface area contributed by atoms with Crippen molar-refractivity contribution in [3.05, 3.63) is 23.3 Å². The molecule has 1 aromatic carbocycles. The number of halogens is 1. The standard InChI is InChI=1S/C13H15FO5/c1-13(2,14)8-5-7(10(15)12(16)17)6-9(18-3)11(8)19-4/h5-6H,1-4H3,(H,16,17). The normalized spacial score (nSPS) is 11.0. The fourth-order valence-corrected chi connectivity index (χ4v) is 1.66. The Hall–Kier alpha value is -2.11. The van der Waals surface area contributed by atoms with E-state index in [2.05, 4.69) is 0 Å². The third-order valence-electron chi connectivity index (χ3n) is 2.58. The smallest absolute Gasteiger partial charge is 0.377 e. The summed E-state index contributed by atoms with van der Waals surface area (Å²) >= 11 is 0. The van der Waals surface area contributed by atoms with E-state index in [0.717, 1.165) is 6.07 Å². The fourth-order valence-electron chi connectivity index (χ4n) is 1.66. The topological polar surface area (TPSA) is 72.8 Å². The van der Waals surface area contributed by atoms with E-state index in [1.54, 1.807) is 0 Å². The Balaban J connectivity index is 3.56. The quantitative estimate of drug-likeness (QED) is 0.655. The van der Waals surface area contributed by atoms with E-state index >= 15 is 0 Å². The monoisotopic (exact) mass is 270 g/mol. The number of carboxylic acid groups (broad SMARTS) is 1. The number of aliphatic carboxylic acids is 1. The van der Waals surface area contributed by atoms with Crippen molar-refractivity contribution in [2.75, 3.05) is 14.2 Å². The van der Waals surface area contributed by atoms with E-state index in [4.69, 9.17) is 14.6 Å². The number of ketones is 1. The lowest BCUT2D eigenvalue weighted by Crippen LogP contribution is -2.17. The minimum Gasteiger partial charge on any atom is -0.493 e. The summed E-state index contributed by atoms with van der Waals surface area (Å²) in [4.78, 5) is 22.2. The van der Waals surface area contributed by atoms with Crippen LogP contribution in [0.3, 0.4) is 0 Å². The molecule has 19 heavy (non-hydrogen) atoms. The second kappa shape index (κ2) is 5.26. The first kappa shape index (κ1) is 14.9. The van der Waals surface area contributed by atoms with Gasteiger partial charge >= 0.3 is 5.97 Å². The van der Waals surface area contributed by atoms with Crippen molar-refractivity contribution in [3.63, 3.8) is 0 Å². The summed E-state index contributed by atoms with van der Waals surface area (Å²) in [5.74, 6) is -2.51. The van der Waals surface area contributed by atoms with Crippen LogP contribution in [0.2, 0.25) is 0 Å². The van der Waals surface area contributed by atoms with Crippen LogP contribution in [0.5, 0.6) is 11.5 Å². The molecule has 0 spiro atoms. The van der Waals surface area contributed by atoms with Crippen LogP contribution in [0.25, 0.3) is 0 Å². The van der Waals surface area contributed by atoms with Gasteiger partial charge in [0, 0.05) is 11.1 Å². The van der Waals surface area contributed by atoms with Crippen LogP contribution in [-0.2, 0) is 10.5 Å². The highest BCUT2D eigenvalue weighted by Crippen LogP contribution is 2.40. The van der Waals surface area contributed by atoms with Crippen molar-refractivity contribution in [1.82, 2.24) is 0 Å². The summed E-state index contributed by atoms with van der Waals surface area (Å²) in [7, 11) is 2.66. The number of hydrogen-bond acceptors (Lipinski definition) is 4. The van der Waals surface area contributed by atoms with Crippen molar-refractivity contribution < 1.29 is 28.6 Å². The molecule has 0 saturated carbocycles. The van der Waals surface area contributed by atoms with Gasteiger partial charge in [-0.2, -0.15) is 0 Å². The second-order valence-corrected chi connectivity index (χ2v) is 4.37. The number of rotatable bonds is 5. The van der Waals surface area contributed by atoms with E-state index in [1.807, 2.05) is 0 Å². The summed E-state index contributed by atoms with van der Waals surface area (Å²) < 4.78 is 24.2. The van der Waals surface area contributed by atoms with Crippen molar-refractivity contribution in [2.45, 2.75) is 19.5 Å². The van der Waals surface area contributed by atoms with Crippen LogP contribution in [0.4, 0.5) is 4.39 Å². The molecule has 0 bridgehead atoms. The number of Topliss-reactive ketones (excluding diaryl/α,β-unsaturated/α-hetero) is 1. The molecule has 1 rings (SSSR count). The van der Waals surface area contributed by atoms with Gasteiger partial charge < -0.3 is 14.6 Å². The molecule has 0 radical (unpaired) electrons. The maximum absolute atomic E-state index is 14.1. The van der Waals surface area contributed by atoms with E-state index in [-0.39, 0.29) is 22.6 Å². The summed E-state index contributed by atoms with van der Waals surface area (Å²) in [6.07, 6.45) is 0. The van der Waals surface area contributed by atoms with Gasteiger partial charge in [0.25, 0.3) is 5.78 Å². The van der Waals surface area contributed by atoms with E-state index < -0.39 is 17.4 Å². The maximum Gasteiger partial charge on any atom is 0.377 e. The number of benzene rings is 1. The molecule has 1 aromatic rings. The predicted octanol–water partition coefficient (Wildman–Crippen LogP) is 2.18. The van der Waals surface area contributed by atoms with Gasteiger partial charge in [-0.15, -0.1) is 0 Å². The molecule has 5 nitrogen and oxygen atoms in total. The van der Waals surface area contributed by atoms with Gasteiger partial charge in [-0.1, -0.05) is 0 Å². The molecule has 0 atom stereocenters. The molecular weight excluding hydrogens is 255 g/mol. The van der Waals surface area contributed by atoms with Crippen molar-refractivity contribution in [1.29, 1.82) is 0 Å². The Morgan fingerprint density at radius 2 is 1.79 bits per heavy atom. The number of carbonyl (C=O) groups excluding carboxylic acids is 1. The van der Waals surface area contributed by atoms with Crippen LogP contribution < -0.4 is 9.47 Å². The third-order valence-corrected chi connectivity index (χ3v) is 2.58. The lowest BCUT2D eigenvalue weighted by atomic mass is 9.95. The first-order valence-corrected chi connectivity index (χ1v) is 5.45. The van der Waals surface area contributed by atoms with Crippen LogP contribution in [0.1, 0.15) is 29.8 Å². The fraction of sp³-hybridized carbons (Fsp3) is 0.385. The molecule has 0 aliphatic rings. The molecule has 0 fully saturated rings. The van der Waals surface area contributed by atoms with Gasteiger partial charge in [-0.25, -0.2) is 9.18 Å². The molecule has 0 aromatic heterocycles. The van der Waals surface area contributed by atoms with Gasteiger partial charge in [0.1, 0.15) is 5.67 Å². The number of carbonyl (C=O) groups is 2. The molecule has 6 heteroatoms. The maximum atomic E-state index is 14.1. The van der Waals surface area contributed by atoms with Crippen LogP contribution in [0, 0.1) is 0 Å². The summed E-state index contributed by atoms with van der Waals surface area (Å²) in [6, 6.07) is 2.38. The lowest BCUT2D eigenvalue weighted by molar-refractivity contribution is -0.131. The molecule has 104 valence electrons. The van der Waals surface area contributed by atoms with Crippen molar-refractivity contribution in [3.8, 4) is 11.5 Å². The molecule has 0 amide bonds. The highest BCUT2D eigenvalue weighted by molar-refractivity contribution is 6.40. The zero-order chi connectivity index (χ0) is 14.8. The predicted molar refractivity (Wildman–Crippen MR) is 65.6 cm³/mol. The summed E-state index contributed by atoms with van der Waals surface area (Å²) in [6.45, 7) is 2.55. The SMILES string of the molecule is COc1cc(C(=O)C(=O)O)cc(C(C)(C)F)c1OC. The Kier molecular flexibility index (Phi) is 4.14. The van der Waals surface area contributed by atoms with Crippen LogP contribution in [0.15, 0.2) is 12.1 Å². The van der Waals surface area contributed by atoms with Gasteiger partial charge in [0.15, 0.2) is 11.5 Å². The summed E-state index contributed by atoms with van der Waals surface area (Å²) in [5.41, 5.74) is -1.92. The Morgan fingerprint density at radius 1 is 1.21 bits per heavy atom. The molecule has 0 aliphatic heterocycles. The zero-order valence-electron chi connectivity index (χ0n) is 11.1. The average molecular weight is 270 g/mol. The number of ether oxygens (including phenoxy) is 2. The lowest BCUT2D eigenvalue weighted by Gasteiger charge is -2.21. The number of carboxylic acids is 1. The zero-order valence-corrected chi connectivity index (χ0v) is 11.1. The number of methoxy groups -OCH3 is 2. The third kappa shape index (κ3) is 3.01. The average Bonchev–Trinajstić information content (AvgIpc) is 2.34. The van der Waals surface area contributed by atoms with Gasteiger partial charge in [0.2, 0.25) is 0 Å². The highest BCUT2D eigenvalue weighted by Gasteiger charge is 2.29. The Bertz CT molecular complexity index is 517. The number of hydrogen-bond donors (Lipinski definition) is 1. The molecule has 0 unspecified atom stereocenters. The number of alkyl halides is 1. The molecular formula is C13H15FO5. The molecule has 0 heterocycles. The Morgan fingerprint density at radius 3 is 2.16 bits per heavy atom. The van der Waals surface area contributed by atoms with Crippen LogP contribution >= 0.6 is 0 Å². The summed E-state index contributed by atoms with van der Waals surface area (Å²) in [5, 5.41) is 8.70. The highest BCUT2D eigenvalue weighted by atomic mass is 19.1. The van der Waals surface area contributed by atoms with Crippen LogP contribution in [-0.4, -0.2) is 31.1 Å². The first-order valence-electron chi connectivity index (χ1n) is 5.45. The van der Waals surface area contributed by atoms with Crippen molar-refractivity contribution >= 4 is 11.8 Å². The molecule has 0 saturated heterocycles. The van der Waals surface area contributed by atoms with Gasteiger partial charge in [0.05, 0.1) is 14.2 Å². The van der Waals surface area contributed by atoms with E-state index in [1.165, 1.54) is 34.1 Å². The minimum absolute atomic E-state index is 0.0546. The second-order valence-electron chi connectivity index (χ2n) is 4.37. The Labute approximate surface area is 109 Å². The van der Waals surface area contributed by atoms with Crippen molar-refractivity contribution in [2.24, 2.45) is 0 Å². The molecule has 0 aliphatic carbocycles. The molecule has 1 N–H and O–H groups in total. The van der Waals surface area contributed by atoms with Gasteiger partial charge in [-0.05, 0) is 26.0 Å². The minimum atomic E-state index is -1.81. The van der Waals surface area contributed by atoms with E-state index in [0.29, 0.717) is 0 Å².